The van der Waals surface area contributed by atoms with Gasteiger partial charge in [-0.2, -0.15) is 0 Å². The summed E-state index contributed by atoms with van der Waals surface area (Å²) in [6, 6.07) is 19.4. The highest BCUT2D eigenvalue weighted by molar-refractivity contribution is 6.13. The highest BCUT2D eigenvalue weighted by Crippen LogP contribution is 2.15. The molecule has 0 aliphatic carbocycles. The molecule has 4 nitrogen and oxygen atoms in total. The summed E-state index contributed by atoms with van der Waals surface area (Å²) in [5, 5.41) is 0. The van der Waals surface area contributed by atoms with Crippen molar-refractivity contribution in [2.45, 2.75) is 32.6 Å². The van der Waals surface area contributed by atoms with E-state index >= 15 is 0 Å². The Morgan fingerprint density at radius 2 is 1.38 bits per heavy atom. The van der Waals surface area contributed by atoms with Gasteiger partial charge in [-0.1, -0.05) is 60.7 Å². The third-order valence-corrected chi connectivity index (χ3v) is 3.17. The van der Waals surface area contributed by atoms with Crippen LogP contribution in [0.25, 0.3) is 0 Å². The SMILES string of the molecule is COC(N=C(c1ccccc1)c1ccccc1)C(=O)OC(C)(C)C. The summed E-state index contributed by atoms with van der Waals surface area (Å²) in [5.74, 6) is -0.505. The van der Waals surface area contributed by atoms with Crippen molar-refractivity contribution in [3.63, 3.8) is 0 Å². The molecule has 0 saturated heterocycles. The van der Waals surface area contributed by atoms with Gasteiger partial charge in [0, 0.05) is 18.2 Å². The standard InChI is InChI=1S/C20H23NO3/c1-20(2,3)24-19(22)18(23-4)21-17(15-11-7-5-8-12-15)16-13-9-6-10-14-16/h5-14,18H,1-4H3. The Hall–Kier alpha value is -2.46. The van der Waals surface area contributed by atoms with Crippen LogP contribution in [0, 0.1) is 0 Å². The zero-order chi connectivity index (χ0) is 17.6. The van der Waals surface area contributed by atoms with Gasteiger partial charge < -0.3 is 9.47 Å². The van der Waals surface area contributed by atoms with Crippen LogP contribution in [-0.2, 0) is 14.3 Å². The minimum atomic E-state index is -1.01. The summed E-state index contributed by atoms with van der Waals surface area (Å²) < 4.78 is 10.7. The number of carbonyl (C=O) groups excluding carboxylic acids is 1. The minimum absolute atomic E-state index is 0.505. The number of methoxy groups -OCH3 is 1. The molecule has 1 unspecified atom stereocenters. The largest absolute Gasteiger partial charge is 0.457 e. The fourth-order valence-corrected chi connectivity index (χ4v) is 2.18. The summed E-state index contributed by atoms with van der Waals surface area (Å²) in [6.45, 7) is 5.45. The molecule has 2 aromatic rings. The fourth-order valence-electron chi connectivity index (χ4n) is 2.18. The van der Waals surface area contributed by atoms with E-state index in [9.17, 15) is 4.79 Å². The van der Waals surface area contributed by atoms with Gasteiger partial charge in [0.05, 0.1) is 5.71 Å². The minimum Gasteiger partial charge on any atom is -0.457 e. The topological polar surface area (TPSA) is 47.9 Å². The Bertz CT molecular complexity index is 646. The van der Waals surface area contributed by atoms with Crippen molar-refractivity contribution in [3.8, 4) is 0 Å². The van der Waals surface area contributed by atoms with Crippen LogP contribution in [0.5, 0.6) is 0 Å². The van der Waals surface area contributed by atoms with Crippen LogP contribution < -0.4 is 0 Å². The first-order valence-corrected chi connectivity index (χ1v) is 7.85. The molecule has 126 valence electrons. The second kappa shape index (κ2) is 7.88. The van der Waals surface area contributed by atoms with E-state index in [1.807, 2.05) is 81.4 Å². The van der Waals surface area contributed by atoms with E-state index < -0.39 is 17.8 Å². The van der Waals surface area contributed by atoms with Crippen LogP contribution in [0.15, 0.2) is 65.7 Å². The van der Waals surface area contributed by atoms with Gasteiger partial charge >= 0.3 is 5.97 Å². The van der Waals surface area contributed by atoms with Gasteiger partial charge in [-0.05, 0) is 20.8 Å². The Morgan fingerprint density at radius 1 is 0.917 bits per heavy atom. The molecule has 0 aliphatic rings. The summed E-state index contributed by atoms with van der Waals surface area (Å²) in [4.78, 5) is 16.9. The normalized spacial score (nSPS) is 12.3. The van der Waals surface area contributed by atoms with Gasteiger partial charge in [-0.25, -0.2) is 9.79 Å². The van der Waals surface area contributed by atoms with Crippen molar-refractivity contribution in [1.29, 1.82) is 0 Å². The average molecular weight is 325 g/mol. The van der Waals surface area contributed by atoms with Crippen molar-refractivity contribution >= 4 is 11.7 Å². The smallest absolute Gasteiger partial charge is 0.358 e. The molecule has 0 bridgehead atoms. The molecule has 0 aromatic heterocycles. The zero-order valence-corrected chi connectivity index (χ0v) is 14.5. The number of hydrogen-bond acceptors (Lipinski definition) is 4. The van der Waals surface area contributed by atoms with Crippen LogP contribution in [0.4, 0.5) is 0 Å². The van der Waals surface area contributed by atoms with Gasteiger partial charge in [0.15, 0.2) is 0 Å². The van der Waals surface area contributed by atoms with Crippen molar-refractivity contribution in [1.82, 2.24) is 0 Å². The molecule has 24 heavy (non-hydrogen) atoms. The Kier molecular flexibility index (Phi) is 5.88. The van der Waals surface area contributed by atoms with Crippen molar-refractivity contribution in [2.75, 3.05) is 7.11 Å². The lowest BCUT2D eigenvalue weighted by Gasteiger charge is -2.22. The number of aliphatic imine (C=N–C) groups is 1. The van der Waals surface area contributed by atoms with Crippen LogP contribution in [0.1, 0.15) is 31.9 Å². The maximum atomic E-state index is 12.3. The highest BCUT2D eigenvalue weighted by Gasteiger charge is 2.25. The van der Waals surface area contributed by atoms with E-state index in [1.165, 1.54) is 7.11 Å². The summed E-state index contributed by atoms with van der Waals surface area (Å²) >= 11 is 0. The van der Waals surface area contributed by atoms with Crippen molar-refractivity contribution < 1.29 is 14.3 Å². The lowest BCUT2D eigenvalue weighted by molar-refractivity contribution is -0.166. The zero-order valence-electron chi connectivity index (χ0n) is 14.5. The molecule has 2 rings (SSSR count). The molecule has 2 aromatic carbocycles. The van der Waals surface area contributed by atoms with Crippen LogP contribution in [0.2, 0.25) is 0 Å². The lowest BCUT2D eigenvalue weighted by atomic mass is 10.0. The first kappa shape index (κ1) is 17.9. The van der Waals surface area contributed by atoms with E-state index in [-0.39, 0.29) is 0 Å². The molecule has 1 atom stereocenters. The Labute approximate surface area is 143 Å². The molecule has 4 heteroatoms. The van der Waals surface area contributed by atoms with Crippen LogP contribution in [-0.4, -0.2) is 30.6 Å². The van der Waals surface area contributed by atoms with Crippen molar-refractivity contribution in [2.24, 2.45) is 4.99 Å². The lowest BCUT2D eigenvalue weighted by Crippen LogP contribution is -2.32. The molecule has 0 N–H and O–H groups in total. The average Bonchev–Trinajstić information content (AvgIpc) is 2.56. The van der Waals surface area contributed by atoms with E-state index in [1.54, 1.807) is 0 Å². The third-order valence-electron chi connectivity index (χ3n) is 3.17. The highest BCUT2D eigenvalue weighted by atomic mass is 16.6. The second-order valence-electron chi connectivity index (χ2n) is 6.33. The van der Waals surface area contributed by atoms with E-state index in [0.29, 0.717) is 5.71 Å². The predicted molar refractivity (Wildman–Crippen MR) is 95.2 cm³/mol. The third kappa shape index (κ3) is 5.03. The number of benzene rings is 2. The maximum Gasteiger partial charge on any atom is 0.358 e. The van der Waals surface area contributed by atoms with Crippen LogP contribution in [0.3, 0.4) is 0 Å². The van der Waals surface area contributed by atoms with E-state index in [2.05, 4.69) is 4.99 Å². The number of hydrogen-bond donors (Lipinski definition) is 0. The fraction of sp³-hybridized carbons (Fsp3) is 0.300. The number of carbonyl (C=O) groups is 1. The molecular formula is C20H23NO3. The Morgan fingerprint density at radius 3 is 1.75 bits per heavy atom. The quantitative estimate of drug-likeness (QED) is 0.620. The number of rotatable bonds is 5. The van der Waals surface area contributed by atoms with Gasteiger partial charge in [0.1, 0.15) is 5.60 Å². The first-order chi connectivity index (χ1) is 11.4. The molecular weight excluding hydrogens is 302 g/mol. The van der Waals surface area contributed by atoms with E-state index in [4.69, 9.17) is 9.47 Å². The molecule has 0 aliphatic heterocycles. The van der Waals surface area contributed by atoms with Gasteiger partial charge in [-0.3, -0.25) is 0 Å². The van der Waals surface area contributed by atoms with Gasteiger partial charge in [-0.15, -0.1) is 0 Å². The summed E-state index contributed by atoms with van der Waals surface area (Å²) in [7, 11) is 1.45. The number of esters is 1. The van der Waals surface area contributed by atoms with Crippen LogP contribution >= 0.6 is 0 Å². The summed E-state index contributed by atoms with van der Waals surface area (Å²) in [6.07, 6.45) is -1.01. The van der Waals surface area contributed by atoms with Gasteiger partial charge in [0.2, 0.25) is 6.23 Å². The molecule has 0 heterocycles. The number of ether oxygens (including phenoxy) is 2. The maximum absolute atomic E-state index is 12.3. The molecule has 0 fully saturated rings. The van der Waals surface area contributed by atoms with Crippen molar-refractivity contribution in [3.05, 3.63) is 71.8 Å². The number of nitrogens with zero attached hydrogens (tertiary/aromatic N) is 1. The predicted octanol–water partition coefficient (Wildman–Crippen LogP) is 3.84. The monoisotopic (exact) mass is 325 g/mol. The first-order valence-electron chi connectivity index (χ1n) is 7.85. The Balaban J connectivity index is 2.42. The van der Waals surface area contributed by atoms with E-state index in [0.717, 1.165) is 11.1 Å². The van der Waals surface area contributed by atoms with Gasteiger partial charge in [0.25, 0.3) is 0 Å². The molecule has 0 saturated carbocycles. The molecule has 0 radical (unpaired) electrons. The summed E-state index contributed by atoms with van der Waals surface area (Å²) in [5.41, 5.74) is 1.92. The molecule has 0 amide bonds. The molecule has 0 spiro atoms. The second-order valence-corrected chi connectivity index (χ2v) is 6.33.